The number of ether oxygens (including phenoxy) is 2. The zero-order valence-electron chi connectivity index (χ0n) is 15.3. The molecule has 0 radical (unpaired) electrons. The Labute approximate surface area is 166 Å². The molecule has 0 bridgehead atoms. The first-order valence-corrected chi connectivity index (χ1v) is 8.76. The normalized spacial score (nSPS) is 10.9. The zero-order chi connectivity index (χ0) is 20.5. The molecule has 0 atom stereocenters. The molecule has 0 saturated heterocycles. The molecule has 5 nitrogen and oxygen atoms in total. The van der Waals surface area contributed by atoms with Gasteiger partial charge in [-0.3, -0.25) is 4.79 Å². The van der Waals surface area contributed by atoms with Crippen molar-refractivity contribution < 1.29 is 23.0 Å². The van der Waals surface area contributed by atoms with Gasteiger partial charge < -0.3 is 9.47 Å². The Morgan fingerprint density at radius 2 is 1.59 bits per heavy atom. The molecule has 3 aromatic rings. The van der Waals surface area contributed by atoms with E-state index in [1.165, 1.54) is 18.3 Å². The molecule has 148 valence electrons. The first-order valence-electron chi connectivity index (χ1n) is 8.76. The summed E-state index contributed by atoms with van der Waals surface area (Å²) in [7, 11) is 0. The highest BCUT2D eigenvalue weighted by atomic mass is 19.3. The average molecular weight is 396 g/mol. The summed E-state index contributed by atoms with van der Waals surface area (Å²) in [5.41, 5.74) is 4.72. The third-order valence-corrected chi connectivity index (χ3v) is 3.86. The fourth-order valence-electron chi connectivity index (χ4n) is 2.52. The van der Waals surface area contributed by atoms with Gasteiger partial charge in [0, 0.05) is 5.56 Å². The lowest BCUT2D eigenvalue weighted by Gasteiger charge is -2.08. The summed E-state index contributed by atoms with van der Waals surface area (Å²) in [6.45, 7) is -3.18. The number of hydrogen-bond acceptors (Lipinski definition) is 4. The molecular weight excluding hydrogens is 378 g/mol. The fourth-order valence-corrected chi connectivity index (χ4v) is 2.52. The second-order valence-corrected chi connectivity index (χ2v) is 5.89. The van der Waals surface area contributed by atoms with E-state index in [2.05, 4.69) is 15.3 Å². The van der Waals surface area contributed by atoms with E-state index in [1.54, 1.807) is 24.3 Å². The van der Waals surface area contributed by atoms with E-state index in [1.807, 2.05) is 42.5 Å². The number of rotatable bonds is 8. The van der Waals surface area contributed by atoms with Crippen LogP contribution in [-0.2, 0) is 4.79 Å². The molecule has 0 fully saturated rings. The van der Waals surface area contributed by atoms with Crippen molar-refractivity contribution in [2.75, 3.05) is 6.61 Å². The van der Waals surface area contributed by atoms with Crippen molar-refractivity contribution in [2.24, 2.45) is 5.10 Å². The Kier molecular flexibility index (Phi) is 6.89. The number of hydrazone groups is 1. The largest absolute Gasteiger partial charge is 0.484 e. The molecule has 0 aliphatic rings. The van der Waals surface area contributed by atoms with E-state index in [0.29, 0.717) is 11.3 Å². The summed E-state index contributed by atoms with van der Waals surface area (Å²) < 4.78 is 34.6. The topological polar surface area (TPSA) is 59.9 Å². The Hall–Kier alpha value is -3.74. The Morgan fingerprint density at radius 1 is 0.931 bits per heavy atom. The predicted octanol–water partition coefficient (Wildman–Crippen LogP) is 4.48. The summed E-state index contributed by atoms with van der Waals surface area (Å²) >= 11 is 0. The number of alkyl halides is 2. The van der Waals surface area contributed by atoms with Crippen LogP contribution in [0.1, 0.15) is 5.56 Å². The smallest absolute Gasteiger partial charge is 0.387 e. The highest BCUT2D eigenvalue weighted by Gasteiger charge is 2.08. The van der Waals surface area contributed by atoms with E-state index in [9.17, 15) is 13.6 Å². The van der Waals surface area contributed by atoms with Gasteiger partial charge in [0.25, 0.3) is 5.91 Å². The van der Waals surface area contributed by atoms with E-state index in [-0.39, 0.29) is 12.4 Å². The molecule has 1 N–H and O–H groups in total. The van der Waals surface area contributed by atoms with Gasteiger partial charge in [-0.15, -0.1) is 0 Å². The minimum absolute atomic E-state index is 0.0322. The minimum Gasteiger partial charge on any atom is -0.484 e. The standard InChI is InChI=1S/C22H18F2N2O3/c23-22(24)29-20-9-5-4-8-18(20)14-25-26-21(27)15-28-19-12-10-17(11-13-19)16-6-2-1-3-7-16/h1-14,22H,15H2,(H,26,27)/b25-14-. The Balaban J connectivity index is 1.50. The molecule has 0 aliphatic heterocycles. The van der Waals surface area contributed by atoms with Crippen molar-refractivity contribution >= 4 is 12.1 Å². The van der Waals surface area contributed by atoms with Crippen molar-refractivity contribution in [1.29, 1.82) is 0 Å². The highest BCUT2D eigenvalue weighted by Crippen LogP contribution is 2.22. The molecule has 1 amide bonds. The second kappa shape index (κ2) is 9.98. The maximum atomic E-state index is 12.4. The minimum atomic E-state index is -2.94. The predicted molar refractivity (Wildman–Crippen MR) is 106 cm³/mol. The maximum absolute atomic E-state index is 12.4. The van der Waals surface area contributed by atoms with Crippen LogP contribution in [-0.4, -0.2) is 25.3 Å². The van der Waals surface area contributed by atoms with Gasteiger partial charge in [0.15, 0.2) is 6.61 Å². The van der Waals surface area contributed by atoms with Gasteiger partial charge in [-0.2, -0.15) is 13.9 Å². The highest BCUT2D eigenvalue weighted by molar-refractivity contribution is 5.85. The Morgan fingerprint density at radius 3 is 2.31 bits per heavy atom. The van der Waals surface area contributed by atoms with Gasteiger partial charge in [0.1, 0.15) is 11.5 Å². The summed E-state index contributed by atoms with van der Waals surface area (Å²) in [4.78, 5) is 11.9. The van der Waals surface area contributed by atoms with Crippen molar-refractivity contribution in [3.8, 4) is 22.6 Å². The van der Waals surface area contributed by atoms with Gasteiger partial charge in [0.05, 0.1) is 6.21 Å². The van der Waals surface area contributed by atoms with Crippen LogP contribution in [0.2, 0.25) is 0 Å². The average Bonchev–Trinajstić information content (AvgIpc) is 2.74. The third-order valence-electron chi connectivity index (χ3n) is 3.86. The van der Waals surface area contributed by atoms with Crippen molar-refractivity contribution in [3.63, 3.8) is 0 Å². The van der Waals surface area contributed by atoms with E-state index < -0.39 is 12.5 Å². The SMILES string of the molecule is O=C(COc1ccc(-c2ccccc2)cc1)N/N=C\c1ccccc1OC(F)F. The van der Waals surface area contributed by atoms with Gasteiger partial charge >= 0.3 is 6.61 Å². The van der Waals surface area contributed by atoms with Gasteiger partial charge in [-0.05, 0) is 35.4 Å². The molecule has 0 spiro atoms. The van der Waals surface area contributed by atoms with Gasteiger partial charge in [0.2, 0.25) is 0 Å². The van der Waals surface area contributed by atoms with Gasteiger partial charge in [-0.25, -0.2) is 5.43 Å². The number of halogens is 2. The number of hydrogen-bond donors (Lipinski definition) is 1. The van der Waals surface area contributed by atoms with Crippen LogP contribution >= 0.6 is 0 Å². The molecule has 0 unspecified atom stereocenters. The summed E-state index contributed by atoms with van der Waals surface area (Å²) in [6.07, 6.45) is 1.23. The van der Waals surface area contributed by atoms with Gasteiger partial charge in [-0.1, -0.05) is 54.6 Å². The van der Waals surface area contributed by atoms with Crippen LogP contribution in [0.3, 0.4) is 0 Å². The van der Waals surface area contributed by atoms with Crippen LogP contribution in [0, 0.1) is 0 Å². The van der Waals surface area contributed by atoms with Crippen LogP contribution in [0.25, 0.3) is 11.1 Å². The number of nitrogens with zero attached hydrogens (tertiary/aromatic N) is 1. The molecule has 0 heterocycles. The van der Waals surface area contributed by atoms with E-state index in [4.69, 9.17) is 4.74 Å². The number of carbonyl (C=O) groups is 1. The monoisotopic (exact) mass is 396 g/mol. The fraction of sp³-hybridized carbons (Fsp3) is 0.0909. The van der Waals surface area contributed by atoms with Crippen LogP contribution in [0.4, 0.5) is 8.78 Å². The number of carbonyl (C=O) groups excluding carboxylic acids is 1. The van der Waals surface area contributed by atoms with Crippen LogP contribution in [0.5, 0.6) is 11.5 Å². The zero-order valence-corrected chi connectivity index (χ0v) is 15.3. The van der Waals surface area contributed by atoms with Crippen LogP contribution in [0.15, 0.2) is 84.0 Å². The lowest BCUT2D eigenvalue weighted by Crippen LogP contribution is -2.24. The second-order valence-electron chi connectivity index (χ2n) is 5.89. The molecule has 0 aromatic heterocycles. The summed E-state index contributed by atoms with van der Waals surface area (Å²) in [5.74, 6) is 0.0235. The molecule has 3 rings (SSSR count). The summed E-state index contributed by atoms with van der Waals surface area (Å²) in [5, 5.41) is 3.75. The van der Waals surface area contributed by atoms with E-state index in [0.717, 1.165) is 11.1 Å². The lowest BCUT2D eigenvalue weighted by molar-refractivity contribution is -0.123. The number of nitrogens with one attached hydrogen (secondary N) is 1. The number of benzene rings is 3. The molecule has 7 heteroatoms. The third kappa shape index (κ3) is 6.14. The van der Waals surface area contributed by atoms with Crippen molar-refractivity contribution in [1.82, 2.24) is 5.43 Å². The lowest BCUT2D eigenvalue weighted by atomic mass is 10.1. The van der Waals surface area contributed by atoms with Crippen molar-refractivity contribution in [3.05, 3.63) is 84.4 Å². The molecule has 29 heavy (non-hydrogen) atoms. The molecule has 3 aromatic carbocycles. The maximum Gasteiger partial charge on any atom is 0.387 e. The van der Waals surface area contributed by atoms with E-state index >= 15 is 0 Å². The summed E-state index contributed by atoms with van der Waals surface area (Å²) in [6, 6.07) is 23.4. The number of para-hydroxylation sites is 1. The number of amides is 1. The molecular formula is C22H18F2N2O3. The first-order chi connectivity index (χ1) is 14.1. The van der Waals surface area contributed by atoms with Crippen molar-refractivity contribution in [2.45, 2.75) is 6.61 Å². The Bertz CT molecular complexity index is 961. The molecule has 0 saturated carbocycles. The first kappa shape index (κ1) is 20.0. The molecule has 0 aliphatic carbocycles. The quantitative estimate of drug-likeness (QED) is 0.451. The van der Waals surface area contributed by atoms with Crippen LogP contribution < -0.4 is 14.9 Å².